The van der Waals surface area contributed by atoms with Gasteiger partial charge in [0.25, 0.3) is 5.56 Å². The molecule has 15 heavy (non-hydrogen) atoms. The Labute approximate surface area is 88.5 Å². The molecule has 0 amide bonds. The van der Waals surface area contributed by atoms with Crippen molar-refractivity contribution in [2.75, 3.05) is 0 Å². The predicted molar refractivity (Wildman–Crippen MR) is 58.0 cm³/mol. The molecule has 80 valence electrons. The van der Waals surface area contributed by atoms with Crippen LogP contribution in [0.15, 0.2) is 17.1 Å². The largest absolute Gasteiger partial charge is 0.329 e. The van der Waals surface area contributed by atoms with Crippen molar-refractivity contribution in [2.45, 2.75) is 38.5 Å². The molecule has 1 aliphatic carbocycles. The number of rotatable bonds is 1. The Kier molecular flexibility index (Phi) is 2.71. The fourth-order valence-corrected chi connectivity index (χ4v) is 2.26. The fraction of sp³-hybridized carbons (Fsp3) is 0.500. The summed E-state index contributed by atoms with van der Waals surface area (Å²) in [5.74, 6) is 0.749. The van der Waals surface area contributed by atoms with E-state index in [9.17, 15) is 9.59 Å². The van der Waals surface area contributed by atoms with E-state index in [2.05, 4.69) is 4.98 Å². The third-order valence-corrected chi connectivity index (χ3v) is 3.23. The van der Waals surface area contributed by atoms with E-state index >= 15 is 0 Å². The highest BCUT2D eigenvalue weighted by Gasteiger charge is 2.21. The minimum absolute atomic E-state index is 0.00981. The smallest absolute Gasteiger partial charge is 0.251 e. The Balaban J connectivity index is 2.26. The zero-order valence-corrected chi connectivity index (χ0v) is 8.88. The van der Waals surface area contributed by atoms with E-state index in [0.29, 0.717) is 24.5 Å². The molecule has 0 spiro atoms. The van der Waals surface area contributed by atoms with Gasteiger partial charge in [-0.1, -0.05) is 0 Å². The van der Waals surface area contributed by atoms with Gasteiger partial charge in [0.1, 0.15) is 5.78 Å². The maximum absolute atomic E-state index is 11.4. The molecular formula is C12H15NO2. The van der Waals surface area contributed by atoms with Crippen LogP contribution in [0.2, 0.25) is 0 Å². The van der Waals surface area contributed by atoms with E-state index in [1.165, 1.54) is 0 Å². The highest BCUT2D eigenvalue weighted by molar-refractivity contribution is 5.79. The summed E-state index contributed by atoms with van der Waals surface area (Å²) in [5.41, 5.74) is 1.91. The lowest BCUT2D eigenvalue weighted by molar-refractivity contribution is -0.120. The number of H-pyrrole nitrogens is 1. The van der Waals surface area contributed by atoms with Crippen LogP contribution < -0.4 is 5.56 Å². The number of hydrogen-bond acceptors (Lipinski definition) is 2. The normalized spacial score (nSPS) is 18.1. The first-order chi connectivity index (χ1) is 7.18. The predicted octanol–water partition coefficient (Wildman–Crippen LogP) is 1.91. The second kappa shape index (κ2) is 4.01. The molecule has 0 atom stereocenters. The molecule has 0 saturated heterocycles. The van der Waals surface area contributed by atoms with Gasteiger partial charge in [-0.15, -0.1) is 0 Å². The molecule has 0 bridgehead atoms. The van der Waals surface area contributed by atoms with E-state index < -0.39 is 0 Å². The van der Waals surface area contributed by atoms with Crippen molar-refractivity contribution in [1.82, 2.24) is 4.98 Å². The second-order valence-electron chi connectivity index (χ2n) is 4.20. The van der Waals surface area contributed by atoms with Crippen molar-refractivity contribution in [1.29, 1.82) is 0 Å². The summed E-state index contributed by atoms with van der Waals surface area (Å²) in [5, 5.41) is 0. The second-order valence-corrected chi connectivity index (χ2v) is 4.20. The molecule has 1 saturated carbocycles. The minimum Gasteiger partial charge on any atom is -0.329 e. The van der Waals surface area contributed by atoms with Crippen molar-refractivity contribution in [3.63, 3.8) is 0 Å². The van der Waals surface area contributed by atoms with Crippen LogP contribution in [0.25, 0.3) is 0 Å². The van der Waals surface area contributed by atoms with Gasteiger partial charge in [0.2, 0.25) is 0 Å². The zero-order valence-electron chi connectivity index (χ0n) is 8.88. The number of pyridine rings is 1. The number of Topliss-reactive ketones (excluding diaryl/α,β-unsaturated/α-hetero) is 1. The van der Waals surface area contributed by atoms with E-state index in [4.69, 9.17) is 0 Å². The number of carbonyl (C=O) groups excluding carboxylic acids is 1. The van der Waals surface area contributed by atoms with E-state index in [0.717, 1.165) is 24.0 Å². The molecule has 3 nitrogen and oxygen atoms in total. The monoisotopic (exact) mass is 205 g/mol. The van der Waals surface area contributed by atoms with E-state index in [1.54, 1.807) is 6.20 Å². The third-order valence-electron chi connectivity index (χ3n) is 3.23. The molecule has 1 aromatic rings. The lowest BCUT2D eigenvalue weighted by atomic mass is 9.82. The van der Waals surface area contributed by atoms with Crippen LogP contribution in [0.3, 0.4) is 0 Å². The minimum atomic E-state index is -0.00981. The standard InChI is InChI=1S/C12H15NO2/c1-8-11(6-7-13-12(8)15)9-2-4-10(14)5-3-9/h6-7,9H,2-5H2,1H3,(H,13,15). The van der Waals surface area contributed by atoms with Gasteiger partial charge in [-0.2, -0.15) is 0 Å². The Morgan fingerprint density at radius 2 is 1.93 bits per heavy atom. The van der Waals surface area contributed by atoms with Crippen LogP contribution in [0, 0.1) is 6.92 Å². The molecule has 1 N–H and O–H groups in total. The molecule has 3 heteroatoms. The van der Waals surface area contributed by atoms with Crippen molar-refractivity contribution in [3.8, 4) is 0 Å². The van der Waals surface area contributed by atoms with Gasteiger partial charge in [-0.05, 0) is 37.3 Å². The lowest BCUT2D eigenvalue weighted by Crippen LogP contribution is -2.18. The lowest BCUT2D eigenvalue weighted by Gasteiger charge is -2.22. The van der Waals surface area contributed by atoms with Crippen molar-refractivity contribution >= 4 is 5.78 Å². The number of aromatic nitrogens is 1. The molecule has 0 aromatic carbocycles. The maximum atomic E-state index is 11.4. The van der Waals surface area contributed by atoms with Crippen LogP contribution in [-0.2, 0) is 4.79 Å². The first-order valence-corrected chi connectivity index (χ1v) is 5.38. The number of hydrogen-bond donors (Lipinski definition) is 1. The Morgan fingerprint density at radius 3 is 2.60 bits per heavy atom. The van der Waals surface area contributed by atoms with Crippen LogP contribution in [0.4, 0.5) is 0 Å². The number of nitrogens with one attached hydrogen (secondary N) is 1. The maximum Gasteiger partial charge on any atom is 0.251 e. The summed E-state index contributed by atoms with van der Waals surface area (Å²) < 4.78 is 0. The summed E-state index contributed by atoms with van der Waals surface area (Å²) >= 11 is 0. The van der Waals surface area contributed by atoms with Gasteiger partial charge in [0, 0.05) is 24.6 Å². The van der Waals surface area contributed by atoms with Crippen LogP contribution in [-0.4, -0.2) is 10.8 Å². The molecular weight excluding hydrogens is 190 g/mol. The molecule has 1 aliphatic rings. The highest BCUT2D eigenvalue weighted by Crippen LogP contribution is 2.31. The Bertz CT molecular complexity index is 423. The van der Waals surface area contributed by atoms with Crippen molar-refractivity contribution < 1.29 is 4.79 Å². The third kappa shape index (κ3) is 2.01. The molecule has 1 aromatic heterocycles. The molecule has 0 unspecified atom stereocenters. The zero-order chi connectivity index (χ0) is 10.8. The Hall–Kier alpha value is -1.38. The van der Waals surface area contributed by atoms with Gasteiger partial charge >= 0.3 is 0 Å². The van der Waals surface area contributed by atoms with Crippen LogP contribution in [0.5, 0.6) is 0 Å². The summed E-state index contributed by atoms with van der Waals surface area (Å²) in [4.78, 5) is 25.2. The number of carbonyl (C=O) groups is 1. The fourth-order valence-electron chi connectivity index (χ4n) is 2.26. The van der Waals surface area contributed by atoms with Gasteiger partial charge in [0.05, 0.1) is 0 Å². The molecule has 1 heterocycles. The van der Waals surface area contributed by atoms with Crippen molar-refractivity contribution in [2.24, 2.45) is 0 Å². The molecule has 0 radical (unpaired) electrons. The molecule has 0 aliphatic heterocycles. The first kappa shape index (κ1) is 10.1. The summed E-state index contributed by atoms with van der Waals surface area (Å²) in [7, 11) is 0. The Morgan fingerprint density at radius 1 is 1.27 bits per heavy atom. The molecule has 1 fully saturated rings. The summed E-state index contributed by atoms with van der Waals surface area (Å²) in [6.45, 7) is 1.85. The van der Waals surface area contributed by atoms with E-state index in [-0.39, 0.29) is 5.56 Å². The van der Waals surface area contributed by atoms with Crippen molar-refractivity contribution in [3.05, 3.63) is 33.7 Å². The summed E-state index contributed by atoms with van der Waals surface area (Å²) in [6, 6.07) is 1.97. The van der Waals surface area contributed by atoms with Gasteiger partial charge in [-0.25, -0.2) is 0 Å². The van der Waals surface area contributed by atoms with Gasteiger partial charge in [-0.3, -0.25) is 9.59 Å². The number of aromatic amines is 1. The highest BCUT2D eigenvalue weighted by atomic mass is 16.1. The topological polar surface area (TPSA) is 49.9 Å². The van der Waals surface area contributed by atoms with Crippen LogP contribution in [0.1, 0.15) is 42.7 Å². The van der Waals surface area contributed by atoms with E-state index in [1.807, 2.05) is 13.0 Å². The average Bonchev–Trinajstić information content (AvgIpc) is 2.24. The molecule has 2 rings (SSSR count). The van der Waals surface area contributed by atoms with Gasteiger partial charge < -0.3 is 4.98 Å². The van der Waals surface area contributed by atoms with Crippen LogP contribution >= 0.6 is 0 Å². The SMILES string of the molecule is Cc1c(C2CCC(=O)CC2)cc[nH]c1=O. The summed E-state index contributed by atoms with van der Waals surface area (Å²) in [6.07, 6.45) is 4.81. The number of ketones is 1. The first-order valence-electron chi connectivity index (χ1n) is 5.38. The average molecular weight is 205 g/mol. The quantitative estimate of drug-likeness (QED) is 0.761. The van der Waals surface area contributed by atoms with Gasteiger partial charge in [0.15, 0.2) is 0 Å².